The Bertz CT molecular complexity index is 685. The normalized spacial score (nSPS) is 19.7. The highest BCUT2D eigenvalue weighted by Crippen LogP contribution is 2.31. The summed E-state index contributed by atoms with van der Waals surface area (Å²) in [6.45, 7) is 5.62. The summed E-state index contributed by atoms with van der Waals surface area (Å²) in [4.78, 5) is 14.0. The summed E-state index contributed by atoms with van der Waals surface area (Å²) in [6.07, 6.45) is 1.55. The fourth-order valence-corrected chi connectivity index (χ4v) is 4.80. The van der Waals surface area contributed by atoms with Crippen molar-refractivity contribution in [3.05, 3.63) is 29.3 Å². The van der Waals surface area contributed by atoms with Crippen molar-refractivity contribution < 1.29 is 13.2 Å². The summed E-state index contributed by atoms with van der Waals surface area (Å²) in [7, 11) is -3.13. The van der Waals surface area contributed by atoms with E-state index in [-0.39, 0.29) is 11.3 Å². The van der Waals surface area contributed by atoms with Gasteiger partial charge in [-0.3, -0.25) is 0 Å². The van der Waals surface area contributed by atoms with E-state index in [1.807, 2.05) is 26.0 Å². The van der Waals surface area contributed by atoms with Crippen LogP contribution in [0.15, 0.2) is 18.2 Å². The molecule has 1 saturated carbocycles. The maximum Gasteiger partial charge on any atom is 0.321 e. The van der Waals surface area contributed by atoms with Crippen LogP contribution >= 0.6 is 0 Å². The van der Waals surface area contributed by atoms with Crippen molar-refractivity contribution in [1.29, 1.82) is 0 Å². The van der Waals surface area contributed by atoms with E-state index in [1.54, 1.807) is 4.90 Å². The van der Waals surface area contributed by atoms with Crippen molar-refractivity contribution in [3.8, 4) is 0 Å². The highest BCUT2D eigenvalue weighted by atomic mass is 32.2. The van der Waals surface area contributed by atoms with Gasteiger partial charge >= 0.3 is 6.03 Å². The van der Waals surface area contributed by atoms with Crippen molar-refractivity contribution in [2.24, 2.45) is 0 Å². The van der Waals surface area contributed by atoms with E-state index in [0.717, 1.165) is 29.7 Å². The average Bonchev–Trinajstić information content (AvgIpc) is 3.31. The van der Waals surface area contributed by atoms with Crippen LogP contribution in [0.4, 0.5) is 10.5 Å². The Labute approximate surface area is 137 Å². The number of hydrogen-bond acceptors (Lipinski definition) is 3. The van der Waals surface area contributed by atoms with E-state index in [0.29, 0.717) is 26.2 Å². The molecule has 2 fully saturated rings. The number of benzene rings is 1. The van der Waals surface area contributed by atoms with Crippen LogP contribution in [0.2, 0.25) is 0 Å². The molecule has 7 heteroatoms. The van der Waals surface area contributed by atoms with E-state index < -0.39 is 10.0 Å². The average molecular weight is 337 g/mol. The number of carbonyl (C=O) groups is 1. The maximum absolute atomic E-state index is 12.3. The molecule has 23 heavy (non-hydrogen) atoms. The SMILES string of the molecule is Cc1cc(C)cc(NC(=O)N2CCN(S(=O)(=O)C3CC3)CC2)c1. The number of urea groups is 1. The molecule has 0 bridgehead atoms. The van der Waals surface area contributed by atoms with Gasteiger partial charge in [0.1, 0.15) is 0 Å². The molecule has 0 radical (unpaired) electrons. The number of sulfonamides is 1. The third kappa shape index (κ3) is 3.67. The predicted molar refractivity (Wildman–Crippen MR) is 90.0 cm³/mol. The van der Waals surface area contributed by atoms with Gasteiger partial charge in [-0.15, -0.1) is 0 Å². The quantitative estimate of drug-likeness (QED) is 0.916. The summed E-state index contributed by atoms with van der Waals surface area (Å²) in [5.74, 6) is 0. The number of aryl methyl sites for hydroxylation is 2. The zero-order chi connectivity index (χ0) is 16.6. The maximum atomic E-state index is 12.3. The molecule has 0 atom stereocenters. The standard InChI is InChI=1S/C16H23N3O3S/c1-12-9-13(2)11-14(10-12)17-16(20)18-5-7-19(8-6-18)23(21,22)15-3-4-15/h9-11,15H,3-8H2,1-2H3,(H,17,20). The molecule has 3 rings (SSSR count). The van der Waals surface area contributed by atoms with Crippen molar-refractivity contribution in [3.63, 3.8) is 0 Å². The molecule has 0 unspecified atom stereocenters. The largest absolute Gasteiger partial charge is 0.322 e. The van der Waals surface area contributed by atoms with E-state index in [4.69, 9.17) is 0 Å². The van der Waals surface area contributed by atoms with Gasteiger partial charge in [-0.05, 0) is 49.9 Å². The molecule has 0 spiro atoms. The first-order valence-corrected chi connectivity index (χ1v) is 9.50. The zero-order valence-electron chi connectivity index (χ0n) is 13.6. The third-order valence-corrected chi connectivity index (χ3v) is 6.70. The molecule has 126 valence electrons. The first-order chi connectivity index (χ1) is 10.9. The van der Waals surface area contributed by atoms with Gasteiger partial charge in [0.15, 0.2) is 0 Å². The van der Waals surface area contributed by atoms with Crippen molar-refractivity contribution >= 4 is 21.7 Å². The van der Waals surface area contributed by atoms with Gasteiger partial charge in [-0.1, -0.05) is 6.07 Å². The van der Waals surface area contributed by atoms with Crippen LogP contribution in [-0.2, 0) is 10.0 Å². The predicted octanol–water partition coefficient (Wildman–Crippen LogP) is 1.95. The lowest BCUT2D eigenvalue weighted by Crippen LogP contribution is -2.52. The Morgan fingerprint density at radius 2 is 1.61 bits per heavy atom. The van der Waals surface area contributed by atoms with Crippen LogP contribution in [0.5, 0.6) is 0 Å². The van der Waals surface area contributed by atoms with Crippen LogP contribution < -0.4 is 5.32 Å². The molecule has 1 N–H and O–H groups in total. The number of hydrogen-bond donors (Lipinski definition) is 1. The minimum Gasteiger partial charge on any atom is -0.322 e. The molecule has 1 aliphatic carbocycles. The van der Waals surface area contributed by atoms with Gasteiger partial charge in [0.25, 0.3) is 0 Å². The Morgan fingerprint density at radius 3 is 2.13 bits per heavy atom. The fraction of sp³-hybridized carbons (Fsp3) is 0.562. The molecule has 1 saturated heterocycles. The second-order valence-electron chi connectivity index (χ2n) is 6.44. The first kappa shape index (κ1) is 16.3. The van der Waals surface area contributed by atoms with E-state index in [9.17, 15) is 13.2 Å². The van der Waals surface area contributed by atoms with Crippen LogP contribution in [-0.4, -0.2) is 55.1 Å². The molecular weight excluding hydrogens is 314 g/mol. The first-order valence-electron chi connectivity index (χ1n) is 7.99. The lowest BCUT2D eigenvalue weighted by molar-refractivity contribution is 0.184. The Kier molecular flexibility index (Phi) is 4.33. The molecule has 1 aliphatic heterocycles. The molecule has 1 heterocycles. The number of piperazine rings is 1. The third-order valence-electron chi connectivity index (χ3n) is 4.30. The van der Waals surface area contributed by atoms with Gasteiger partial charge in [0, 0.05) is 31.9 Å². The summed E-state index contributed by atoms with van der Waals surface area (Å²) in [5.41, 5.74) is 2.97. The molecule has 2 amide bonds. The number of rotatable bonds is 3. The Balaban J connectivity index is 1.58. The smallest absolute Gasteiger partial charge is 0.321 e. The lowest BCUT2D eigenvalue weighted by Gasteiger charge is -2.34. The van der Waals surface area contributed by atoms with Crippen LogP contribution in [0, 0.1) is 13.8 Å². The van der Waals surface area contributed by atoms with Gasteiger partial charge in [-0.2, -0.15) is 4.31 Å². The summed E-state index contributed by atoms with van der Waals surface area (Å²) in [5, 5.41) is 2.72. The van der Waals surface area contributed by atoms with E-state index in [1.165, 1.54) is 4.31 Å². The number of carbonyl (C=O) groups excluding carboxylic acids is 1. The Hall–Kier alpha value is -1.60. The zero-order valence-corrected chi connectivity index (χ0v) is 14.4. The van der Waals surface area contributed by atoms with Gasteiger partial charge in [0.2, 0.25) is 10.0 Å². The topological polar surface area (TPSA) is 69.7 Å². The minimum atomic E-state index is -3.13. The fourth-order valence-electron chi connectivity index (χ4n) is 2.97. The number of nitrogens with one attached hydrogen (secondary N) is 1. The minimum absolute atomic E-state index is 0.168. The van der Waals surface area contributed by atoms with Crippen LogP contribution in [0.1, 0.15) is 24.0 Å². The van der Waals surface area contributed by atoms with E-state index >= 15 is 0 Å². The van der Waals surface area contributed by atoms with Gasteiger partial charge in [0.05, 0.1) is 5.25 Å². The monoisotopic (exact) mass is 337 g/mol. The highest BCUT2D eigenvalue weighted by Gasteiger charge is 2.41. The second-order valence-corrected chi connectivity index (χ2v) is 8.65. The summed E-state index contributed by atoms with van der Waals surface area (Å²) >= 11 is 0. The summed E-state index contributed by atoms with van der Waals surface area (Å²) in [6, 6.07) is 5.74. The summed E-state index contributed by atoms with van der Waals surface area (Å²) < 4.78 is 25.9. The van der Waals surface area contributed by atoms with E-state index in [2.05, 4.69) is 11.4 Å². The number of nitrogens with zero attached hydrogens (tertiary/aromatic N) is 2. The van der Waals surface area contributed by atoms with Crippen molar-refractivity contribution in [2.45, 2.75) is 31.9 Å². The van der Waals surface area contributed by atoms with Crippen LogP contribution in [0.3, 0.4) is 0 Å². The second kappa shape index (κ2) is 6.13. The number of amides is 2. The molecule has 1 aromatic carbocycles. The number of anilines is 1. The van der Waals surface area contributed by atoms with Gasteiger partial charge < -0.3 is 10.2 Å². The van der Waals surface area contributed by atoms with Gasteiger partial charge in [-0.25, -0.2) is 13.2 Å². The van der Waals surface area contributed by atoms with Crippen molar-refractivity contribution in [2.75, 3.05) is 31.5 Å². The van der Waals surface area contributed by atoms with Crippen LogP contribution in [0.25, 0.3) is 0 Å². The molecule has 6 nitrogen and oxygen atoms in total. The Morgan fingerprint density at radius 1 is 1.04 bits per heavy atom. The molecule has 0 aromatic heterocycles. The lowest BCUT2D eigenvalue weighted by atomic mass is 10.1. The molecular formula is C16H23N3O3S. The highest BCUT2D eigenvalue weighted by molar-refractivity contribution is 7.90. The molecule has 2 aliphatic rings. The molecule has 1 aromatic rings. The van der Waals surface area contributed by atoms with Crippen molar-refractivity contribution in [1.82, 2.24) is 9.21 Å².